The topological polar surface area (TPSA) is 113 Å². The van der Waals surface area contributed by atoms with Crippen LogP contribution in [-0.4, -0.2) is 40.4 Å². The molecule has 0 unspecified atom stereocenters. The SMILES string of the molecule is NC1(C(=O)NCc2ccc(Cl)cc2)CCN(c2ncnc3c2CC(=O)N3)CC1. The summed E-state index contributed by atoms with van der Waals surface area (Å²) in [5.74, 6) is 1.07. The van der Waals surface area contributed by atoms with Crippen LogP contribution in [0.3, 0.4) is 0 Å². The van der Waals surface area contributed by atoms with Gasteiger partial charge in [-0.05, 0) is 30.5 Å². The van der Waals surface area contributed by atoms with Crippen molar-refractivity contribution in [3.63, 3.8) is 0 Å². The molecule has 2 aromatic rings. The first kappa shape index (κ1) is 18.6. The average Bonchev–Trinajstić information content (AvgIpc) is 3.08. The van der Waals surface area contributed by atoms with Crippen LogP contribution in [-0.2, 0) is 22.6 Å². The first-order valence-corrected chi connectivity index (χ1v) is 9.53. The van der Waals surface area contributed by atoms with E-state index in [0.717, 1.165) is 16.9 Å². The predicted octanol–water partition coefficient (Wildman–Crippen LogP) is 1.24. The Kier molecular flexibility index (Phi) is 4.91. The third-order valence-electron chi connectivity index (χ3n) is 5.29. The zero-order chi connectivity index (χ0) is 19.7. The van der Waals surface area contributed by atoms with Crippen LogP contribution in [0.4, 0.5) is 11.6 Å². The van der Waals surface area contributed by atoms with Gasteiger partial charge in [-0.15, -0.1) is 0 Å². The summed E-state index contributed by atoms with van der Waals surface area (Å²) in [5, 5.41) is 6.32. The van der Waals surface area contributed by atoms with E-state index in [-0.39, 0.29) is 18.2 Å². The minimum atomic E-state index is -0.923. The molecule has 146 valence electrons. The maximum absolute atomic E-state index is 12.7. The van der Waals surface area contributed by atoms with Crippen LogP contribution < -0.4 is 21.3 Å². The molecule has 0 bridgehead atoms. The molecule has 9 heteroatoms. The van der Waals surface area contributed by atoms with Crippen LogP contribution in [0.25, 0.3) is 0 Å². The van der Waals surface area contributed by atoms with Gasteiger partial charge in [-0.2, -0.15) is 0 Å². The summed E-state index contributed by atoms with van der Waals surface area (Å²) in [4.78, 5) is 34.9. The summed E-state index contributed by atoms with van der Waals surface area (Å²) in [7, 11) is 0. The van der Waals surface area contributed by atoms with Crippen LogP contribution in [0.2, 0.25) is 5.02 Å². The fraction of sp³-hybridized carbons (Fsp3) is 0.368. The maximum atomic E-state index is 12.7. The molecule has 28 heavy (non-hydrogen) atoms. The monoisotopic (exact) mass is 400 g/mol. The van der Waals surface area contributed by atoms with Crippen LogP contribution >= 0.6 is 11.6 Å². The fourth-order valence-electron chi connectivity index (χ4n) is 3.59. The minimum Gasteiger partial charge on any atom is -0.356 e. The number of carbonyl (C=O) groups is 2. The Labute approximate surface area is 167 Å². The molecular weight excluding hydrogens is 380 g/mol. The number of aromatic nitrogens is 2. The summed E-state index contributed by atoms with van der Waals surface area (Å²) >= 11 is 5.88. The number of rotatable bonds is 4. The number of nitrogens with one attached hydrogen (secondary N) is 2. The molecule has 2 aliphatic rings. The number of hydrogen-bond acceptors (Lipinski definition) is 6. The van der Waals surface area contributed by atoms with Crippen LogP contribution in [0, 0.1) is 0 Å². The molecule has 4 N–H and O–H groups in total. The van der Waals surface area contributed by atoms with Gasteiger partial charge >= 0.3 is 0 Å². The van der Waals surface area contributed by atoms with E-state index in [0.29, 0.717) is 43.3 Å². The Balaban J connectivity index is 1.38. The van der Waals surface area contributed by atoms with Crippen molar-refractivity contribution in [3.05, 3.63) is 46.7 Å². The second-order valence-electron chi connectivity index (χ2n) is 7.20. The van der Waals surface area contributed by atoms with E-state index < -0.39 is 5.54 Å². The number of amides is 2. The third kappa shape index (κ3) is 3.65. The fourth-order valence-corrected chi connectivity index (χ4v) is 3.71. The highest BCUT2D eigenvalue weighted by molar-refractivity contribution is 6.30. The zero-order valence-corrected chi connectivity index (χ0v) is 16.0. The number of hydrogen-bond donors (Lipinski definition) is 3. The van der Waals surface area contributed by atoms with E-state index in [9.17, 15) is 9.59 Å². The van der Waals surface area contributed by atoms with E-state index in [1.165, 1.54) is 6.33 Å². The van der Waals surface area contributed by atoms with Gasteiger partial charge < -0.3 is 21.3 Å². The molecule has 1 aromatic carbocycles. The molecule has 3 heterocycles. The van der Waals surface area contributed by atoms with E-state index in [4.69, 9.17) is 17.3 Å². The predicted molar refractivity (Wildman–Crippen MR) is 106 cm³/mol. The highest BCUT2D eigenvalue weighted by Gasteiger charge is 2.39. The molecule has 4 rings (SSSR count). The van der Waals surface area contributed by atoms with Crippen molar-refractivity contribution in [2.45, 2.75) is 31.3 Å². The van der Waals surface area contributed by atoms with Crippen molar-refractivity contribution in [2.24, 2.45) is 5.73 Å². The smallest absolute Gasteiger partial charge is 0.240 e. The molecule has 1 saturated heterocycles. The minimum absolute atomic E-state index is 0.0801. The second-order valence-corrected chi connectivity index (χ2v) is 7.64. The van der Waals surface area contributed by atoms with Crippen molar-refractivity contribution in [2.75, 3.05) is 23.3 Å². The van der Waals surface area contributed by atoms with Gasteiger partial charge in [0.1, 0.15) is 18.0 Å². The molecule has 2 amide bonds. The van der Waals surface area contributed by atoms with Crippen LogP contribution in [0.15, 0.2) is 30.6 Å². The Morgan fingerprint density at radius 2 is 1.96 bits per heavy atom. The number of halogens is 1. The van der Waals surface area contributed by atoms with Gasteiger partial charge in [-0.1, -0.05) is 23.7 Å². The summed E-state index contributed by atoms with van der Waals surface area (Å²) < 4.78 is 0. The van der Waals surface area contributed by atoms with Gasteiger partial charge in [-0.25, -0.2) is 9.97 Å². The lowest BCUT2D eigenvalue weighted by molar-refractivity contribution is -0.127. The summed E-state index contributed by atoms with van der Waals surface area (Å²) in [6.07, 6.45) is 2.72. The largest absolute Gasteiger partial charge is 0.356 e. The number of nitrogens with zero attached hydrogens (tertiary/aromatic N) is 3. The maximum Gasteiger partial charge on any atom is 0.240 e. The third-order valence-corrected chi connectivity index (χ3v) is 5.54. The Bertz CT molecular complexity index is 909. The van der Waals surface area contributed by atoms with Gasteiger partial charge in [-0.3, -0.25) is 9.59 Å². The van der Waals surface area contributed by atoms with Crippen LogP contribution in [0.1, 0.15) is 24.0 Å². The van der Waals surface area contributed by atoms with E-state index in [2.05, 4.69) is 25.5 Å². The summed E-state index contributed by atoms with van der Waals surface area (Å²) in [6, 6.07) is 7.33. The lowest BCUT2D eigenvalue weighted by atomic mass is 9.87. The van der Waals surface area contributed by atoms with Gasteiger partial charge in [0, 0.05) is 30.2 Å². The quantitative estimate of drug-likeness (QED) is 0.711. The average molecular weight is 401 g/mol. The van der Waals surface area contributed by atoms with Crippen molar-refractivity contribution in [3.8, 4) is 0 Å². The first-order valence-electron chi connectivity index (χ1n) is 9.15. The number of nitrogens with two attached hydrogens (primary N) is 1. The normalized spacial score (nSPS) is 17.8. The lowest BCUT2D eigenvalue weighted by Gasteiger charge is -2.39. The molecule has 0 atom stereocenters. The number of anilines is 2. The summed E-state index contributed by atoms with van der Waals surface area (Å²) in [6.45, 7) is 1.58. The highest BCUT2D eigenvalue weighted by Crippen LogP contribution is 2.31. The van der Waals surface area contributed by atoms with Gasteiger partial charge in [0.2, 0.25) is 11.8 Å². The molecule has 1 aromatic heterocycles. The number of piperidine rings is 1. The van der Waals surface area contributed by atoms with Gasteiger partial charge in [0.25, 0.3) is 0 Å². The first-order chi connectivity index (χ1) is 13.4. The van der Waals surface area contributed by atoms with E-state index >= 15 is 0 Å². The molecule has 8 nitrogen and oxygen atoms in total. The molecule has 0 spiro atoms. The van der Waals surface area contributed by atoms with Crippen molar-refractivity contribution < 1.29 is 9.59 Å². The highest BCUT2D eigenvalue weighted by atomic mass is 35.5. The number of fused-ring (bicyclic) bond motifs is 1. The van der Waals surface area contributed by atoms with Gasteiger partial charge in [0.05, 0.1) is 12.0 Å². The molecule has 2 aliphatic heterocycles. The van der Waals surface area contributed by atoms with E-state index in [1.807, 2.05) is 12.1 Å². The zero-order valence-electron chi connectivity index (χ0n) is 15.2. The summed E-state index contributed by atoms with van der Waals surface area (Å²) in [5.41, 5.74) is 7.26. The molecule has 0 saturated carbocycles. The number of benzene rings is 1. The molecule has 0 aliphatic carbocycles. The number of carbonyl (C=O) groups excluding carboxylic acids is 2. The second kappa shape index (κ2) is 7.37. The van der Waals surface area contributed by atoms with Crippen molar-refractivity contribution >= 4 is 35.1 Å². The van der Waals surface area contributed by atoms with Crippen molar-refractivity contribution in [1.82, 2.24) is 15.3 Å². The lowest BCUT2D eigenvalue weighted by Crippen LogP contribution is -2.59. The van der Waals surface area contributed by atoms with Crippen molar-refractivity contribution in [1.29, 1.82) is 0 Å². The van der Waals surface area contributed by atoms with Gasteiger partial charge in [0.15, 0.2) is 0 Å². The molecular formula is C19H21ClN6O2. The van der Waals surface area contributed by atoms with E-state index in [1.54, 1.807) is 12.1 Å². The Morgan fingerprint density at radius 3 is 2.68 bits per heavy atom. The molecule has 1 fully saturated rings. The Morgan fingerprint density at radius 1 is 1.25 bits per heavy atom. The molecule has 0 radical (unpaired) electrons. The standard InChI is InChI=1S/C19H21ClN6O2/c20-13-3-1-12(2-4-13)10-22-18(28)19(21)5-7-26(8-6-19)17-14-9-15(27)25-16(14)23-11-24-17/h1-4,11H,5-10,21H2,(H,22,28)(H,23,24,25,27). The Hall–Kier alpha value is -2.71. The van der Waals surface area contributed by atoms with Crippen LogP contribution in [0.5, 0.6) is 0 Å².